The highest BCUT2D eigenvalue weighted by molar-refractivity contribution is 6.37. The van der Waals surface area contributed by atoms with E-state index in [1.54, 1.807) is 4.90 Å². The quantitative estimate of drug-likeness (QED) is 0.404. The fourth-order valence-corrected chi connectivity index (χ4v) is 5.47. The Morgan fingerprint density at radius 1 is 1.00 bits per heavy atom. The fourth-order valence-electron chi connectivity index (χ4n) is 5.47. The molecule has 0 bridgehead atoms. The van der Waals surface area contributed by atoms with Crippen molar-refractivity contribution in [3.05, 3.63) is 0 Å². The molecule has 9 heteroatoms. The van der Waals surface area contributed by atoms with Crippen molar-refractivity contribution in [1.29, 1.82) is 0 Å². The second-order valence-corrected chi connectivity index (χ2v) is 11.4. The van der Waals surface area contributed by atoms with Crippen LogP contribution in [0.25, 0.3) is 0 Å². The molecule has 3 aliphatic carbocycles. The number of Topliss-reactive ketones (excluding diaryl/α,β-unsaturated/α-hetero) is 1. The number of hydrogen-bond acceptors (Lipinski definition) is 5. The van der Waals surface area contributed by atoms with Crippen LogP contribution in [0.15, 0.2) is 0 Å². The number of nitrogens with two attached hydrogens (primary N) is 1. The van der Waals surface area contributed by atoms with Crippen molar-refractivity contribution in [2.75, 3.05) is 6.54 Å². The molecular formula is C24H36N4O5. The minimum Gasteiger partial charge on any atom is -0.363 e. The van der Waals surface area contributed by atoms with E-state index in [0.717, 1.165) is 25.7 Å². The number of likely N-dealkylation sites (tertiary alicyclic amines) is 1. The Labute approximate surface area is 194 Å². The molecule has 1 aliphatic heterocycles. The van der Waals surface area contributed by atoms with E-state index >= 15 is 0 Å². The molecule has 4 aliphatic rings. The molecule has 4 N–H and O–H groups in total. The average molecular weight is 461 g/mol. The molecule has 0 radical (unpaired) electrons. The van der Waals surface area contributed by atoms with Gasteiger partial charge < -0.3 is 21.3 Å². The summed E-state index contributed by atoms with van der Waals surface area (Å²) in [6.45, 7) is 8.35. The van der Waals surface area contributed by atoms with Gasteiger partial charge in [-0.15, -0.1) is 0 Å². The van der Waals surface area contributed by atoms with E-state index < -0.39 is 35.7 Å². The van der Waals surface area contributed by atoms with Crippen LogP contribution in [0.2, 0.25) is 0 Å². The van der Waals surface area contributed by atoms with E-state index in [1.807, 2.05) is 13.8 Å². The Kier molecular flexibility index (Phi) is 6.03. The predicted molar refractivity (Wildman–Crippen MR) is 119 cm³/mol. The molecule has 0 spiro atoms. The highest BCUT2D eigenvalue weighted by atomic mass is 16.2. The number of hydrogen-bond donors (Lipinski definition) is 3. The van der Waals surface area contributed by atoms with Crippen LogP contribution in [0.3, 0.4) is 0 Å². The number of amides is 4. The minimum absolute atomic E-state index is 0.0212. The molecule has 182 valence electrons. The maximum Gasteiger partial charge on any atom is 0.287 e. The lowest BCUT2D eigenvalue weighted by atomic mass is 9.96. The highest BCUT2D eigenvalue weighted by Crippen LogP contribution is 2.65. The van der Waals surface area contributed by atoms with Crippen molar-refractivity contribution in [2.45, 2.75) is 77.9 Å². The Balaban J connectivity index is 1.52. The number of nitrogens with one attached hydrogen (secondary N) is 2. The fraction of sp³-hybridized carbons (Fsp3) is 0.792. The first-order valence-electron chi connectivity index (χ1n) is 12.2. The van der Waals surface area contributed by atoms with Crippen molar-refractivity contribution >= 4 is 29.4 Å². The lowest BCUT2D eigenvalue weighted by Crippen LogP contribution is -2.59. The highest BCUT2D eigenvalue weighted by Gasteiger charge is 2.69. The van der Waals surface area contributed by atoms with Gasteiger partial charge in [0.15, 0.2) is 0 Å². The number of carbonyl (C=O) groups excluding carboxylic acids is 5. The van der Waals surface area contributed by atoms with E-state index in [0.29, 0.717) is 18.9 Å². The van der Waals surface area contributed by atoms with E-state index in [1.165, 1.54) is 0 Å². The van der Waals surface area contributed by atoms with Gasteiger partial charge in [-0.2, -0.15) is 0 Å². The number of rotatable bonds is 10. The van der Waals surface area contributed by atoms with Crippen LogP contribution in [0, 0.1) is 35.0 Å². The maximum atomic E-state index is 13.6. The molecular weight excluding hydrogens is 424 g/mol. The zero-order chi connectivity index (χ0) is 24.2. The van der Waals surface area contributed by atoms with Gasteiger partial charge in [-0.1, -0.05) is 40.5 Å². The molecule has 0 aromatic rings. The topological polar surface area (TPSA) is 139 Å². The molecule has 4 amide bonds. The third kappa shape index (κ3) is 4.64. The third-order valence-corrected chi connectivity index (χ3v) is 8.08. The van der Waals surface area contributed by atoms with Gasteiger partial charge in [-0.05, 0) is 48.3 Å². The summed E-state index contributed by atoms with van der Waals surface area (Å²) in [6.07, 6.45) is 3.99. The Morgan fingerprint density at radius 2 is 1.64 bits per heavy atom. The first kappa shape index (κ1) is 23.7. The number of ketones is 1. The summed E-state index contributed by atoms with van der Waals surface area (Å²) in [7, 11) is 0. The molecule has 4 rings (SSSR count). The molecule has 0 aromatic heterocycles. The van der Waals surface area contributed by atoms with Crippen molar-refractivity contribution in [3.63, 3.8) is 0 Å². The van der Waals surface area contributed by atoms with Gasteiger partial charge in [-0.25, -0.2) is 0 Å². The summed E-state index contributed by atoms with van der Waals surface area (Å²) >= 11 is 0. The van der Waals surface area contributed by atoms with E-state index in [-0.39, 0.29) is 40.9 Å². The largest absolute Gasteiger partial charge is 0.363 e. The number of nitrogens with zero attached hydrogens (tertiary/aromatic N) is 1. The van der Waals surface area contributed by atoms with Crippen LogP contribution in [0.4, 0.5) is 0 Å². The summed E-state index contributed by atoms with van der Waals surface area (Å²) in [5.74, 6) is -2.35. The monoisotopic (exact) mass is 460 g/mol. The Bertz CT molecular complexity index is 876. The zero-order valence-electron chi connectivity index (χ0n) is 19.9. The average Bonchev–Trinajstić information content (AvgIpc) is 3.67. The molecule has 4 fully saturated rings. The molecule has 1 saturated heterocycles. The Hall–Kier alpha value is -2.45. The van der Waals surface area contributed by atoms with Gasteiger partial charge in [0.05, 0.1) is 6.04 Å². The molecule has 5 atom stereocenters. The lowest BCUT2D eigenvalue weighted by molar-refractivity contribution is -0.145. The van der Waals surface area contributed by atoms with E-state index in [9.17, 15) is 24.0 Å². The first-order chi connectivity index (χ1) is 15.4. The molecule has 33 heavy (non-hydrogen) atoms. The maximum absolute atomic E-state index is 13.6. The number of fused-ring (bicyclic) bond motifs is 1. The van der Waals surface area contributed by atoms with Crippen LogP contribution in [0.1, 0.15) is 59.8 Å². The standard InChI is InChI=1S/C24H36N4O5/c1-11(2)17(27-21(31)13-7-8-13)23(33)28-10-14-16(24(14,3)4)18(28)22(32)26-15(9-12-5-6-12)19(29)20(25)30/h11-18H,5-10H2,1-4H3,(H2,25,30)(H,26,32)(H,27,31)/t14-,15?,16-,17-,18-/m0/s1. The van der Waals surface area contributed by atoms with Crippen molar-refractivity contribution in [3.8, 4) is 0 Å². The van der Waals surface area contributed by atoms with Crippen LogP contribution < -0.4 is 16.4 Å². The second kappa shape index (κ2) is 8.40. The third-order valence-electron chi connectivity index (χ3n) is 8.08. The summed E-state index contributed by atoms with van der Waals surface area (Å²) in [5.41, 5.74) is 5.13. The summed E-state index contributed by atoms with van der Waals surface area (Å²) in [4.78, 5) is 64.9. The SMILES string of the molecule is CC(C)[C@H](NC(=O)C1CC1)C(=O)N1C[C@H]2[C@@H]([C@H]1C(=O)NC(CC1CC1)C(=O)C(N)=O)C2(C)C. The molecule has 1 heterocycles. The second-order valence-electron chi connectivity index (χ2n) is 11.4. The van der Waals surface area contributed by atoms with Gasteiger partial charge in [0.2, 0.25) is 23.5 Å². The molecule has 9 nitrogen and oxygen atoms in total. The van der Waals surface area contributed by atoms with Crippen molar-refractivity contribution < 1.29 is 24.0 Å². The van der Waals surface area contributed by atoms with Gasteiger partial charge in [0.1, 0.15) is 12.1 Å². The van der Waals surface area contributed by atoms with E-state index in [4.69, 9.17) is 5.73 Å². The lowest BCUT2D eigenvalue weighted by Gasteiger charge is -2.34. The van der Waals surface area contributed by atoms with Crippen molar-refractivity contribution in [1.82, 2.24) is 15.5 Å². The summed E-state index contributed by atoms with van der Waals surface area (Å²) < 4.78 is 0. The van der Waals surface area contributed by atoms with Crippen LogP contribution in [-0.2, 0) is 24.0 Å². The van der Waals surface area contributed by atoms with Gasteiger partial charge in [0, 0.05) is 12.5 Å². The van der Waals surface area contributed by atoms with Crippen molar-refractivity contribution in [2.24, 2.45) is 40.7 Å². The Morgan fingerprint density at radius 3 is 2.15 bits per heavy atom. The minimum atomic E-state index is -1.06. The van der Waals surface area contributed by atoms with Crippen LogP contribution in [-0.4, -0.2) is 59.0 Å². The molecule has 3 saturated carbocycles. The van der Waals surface area contributed by atoms with Gasteiger partial charge in [0.25, 0.3) is 5.91 Å². The summed E-state index contributed by atoms with van der Waals surface area (Å²) in [5, 5.41) is 5.65. The first-order valence-corrected chi connectivity index (χ1v) is 12.2. The zero-order valence-corrected chi connectivity index (χ0v) is 19.9. The van der Waals surface area contributed by atoms with E-state index in [2.05, 4.69) is 24.5 Å². The van der Waals surface area contributed by atoms with Gasteiger partial charge >= 0.3 is 0 Å². The van der Waals surface area contributed by atoms with Crippen LogP contribution in [0.5, 0.6) is 0 Å². The molecule has 1 unspecified atom stereocenters. The number of piperidine rings is 1. The smallest absolute Gasteiger partial charge is 0.287 e. The van der Waals surface area contributed by atoms with Crippen LogP contribution >= 0.6 is 0 Å². The number of carbonyl (C=O) groups is 5. The normalized spacial score (nSPS) is 29.1. The summed E-state index contributed by atoms with van der Waals surface area (Å²) in [6, 6.07) is -2.40. The predicted octanol–water partition coefficient (Wildman–Crippen LogP) is 0.360. The van der Waals surface area contributed by atoms with Gasteiger partial charge in [-0.3, -0.25) is 24.0 Å². The number of primary amides is 1. The molecule has 0 aromatic carbocycles.